The first-order chi connectivity index (χ1) is 8.31. The van der Waals surface area contributed by atoms with E-state index in [9.17, 15) is 4.79 Å². The third-order valence-electron chi connectivity index (χ3n) is 3.25. The van der Waals surface area contributed by atoms with Gasteiger partial charge in [-0.1, -0.05) is 25.7 Å². The van der Waals surface area contributed by atoms with E-state index in [4.69, 9.17) is 4.74 Å². The molecule has 2 rings (SSSR count). The lowest BCUT2D eigenvalue weighted by atomic mass is 9.98. The number of carbonyl (C=O) groups excluding carboxylic acids is 1. The molecule has 1 heterocycles. The molecule has 0 aliphatic heterocycles. The number of hydrogen-bond acceptors (Lipinski definition) is 4. The van der Waals surface area contributed by atoms with Crippen LogP contribution in [0.5, 0.6) is 0 Å². The number of esters is 1. The molecule has 94 valence electrons. The summed E-state index contributed by atoms with van der Waals surface area (Å²) in [6, 6.07) is 0. The Morgan fingerprint density at radius 3 is 2.76 bits per heavy atom. The predicted octanol–water partition coefficient (Wildman–Crippen LogP) is 3.76. The van der Waals surface area contributed by atoms with Crippen molar-refractivity contribution in [3.8, 4) is 0 Å². The van der Waals surface area contributed by atoms with Crippen molar-refractivity contribution in [2.75, 3.05) is 6.61 Å². The number of thiazole rings is 1. The van der Waals surface area contributed by atoms with Crippen molar-refractivity contribution in [3.63, 3.8) is 0 Å². The molecule has 0 spiro atoms. The van der Waals surface area contributed by atoms with Crippen molar-refractivity contribution in [1.29, 1.82) is 0 Å². The summed E-state index contributed by atoms with van der Waals surface area (Å²) in [5.74, 6) is 0.272. The van der Waals surface area contributed by atoms with Gasteiger partial charge in [-0.05, 0) is 19.8 Å². The van der Waals surface area contributed by atoms with Gasteiger partial charge in [-0.15, -0.1) is 11.3 Å². The van der Waals surface area contributed by atoms with Gasteiger partial charge in [0.2, 0.25) is 5.01 Å². The normalized spacial score (nSPS) is 17.7. The van der Waals surface area contributed by atoms with E-state index in [1.807, 2.05) is 12.3 Å². The Bertz CT molecular complexity index is 367. The second kappa shape index (κ2) is 6.15. The predicted molar refractivity (Wildman–Crippen MR) is 68.5 cm³/mol. The van der Waals surface area contributed by atoms with Crippen LogP contribution in [0.2, 0.25) is 0 Å². The van der Waals surface area contributed by atoms with Crippen LogP contribution in [0.1, 0.15) is 66.9 Å². The lowest BCUT2D eigenvalue weighted by Gasteiger charge is -2.09. The fourth-order valence-corrected chi connectivity index (χ4v) is 3.13. The van der Waals surface area contributed by atoms with E-state index in [1.165, 1.54) is 49.9 Å². The highest BCUT2D eigenvalue weighted by atomic mass is 32.1. The Kier molecular flexibility index (Phi) is 4.54. The summed E-state index contributed by atoms with van der Waals surface area (Å²) in [6.07, 6.45) is 7.68. The summed E-state index contributed by atoms with van der Waals surface area (Å²) in [4.78, 5) is 16.0. The van der Waals surface area contributed by atoms with Gasteiger partial charge in [0.15, 0.2) is 0 Å². The average molecular weight is 253 g/mol. The Labute approximate surface area is 106 Å². The molecule has 17 heavy (non-hydrogen) atoms. The second-order valence-electron chi connectivity index (χ2n) is 4.49. The average Bonchev–Trinajstić information content (AvgIpc) is 2.66. The molecule has 1 aliphatic rings. The first-order valence-corrected chi connectivity index (χ1v) is 7.31. The van der Waals surface area contributed by atoms with Gasteiger partial charge in [0, 0.05) is 11.3 Å². The highest BCUT2D eigenvalue weighted by molar-refractivity contribution is 7.11. The van der Waals surface area contributed by atoms with Crippen LogP contribution >= 0.6 is 11.3 Å². The van der Waals surface area contributed by atoms with Crippen molar-refractivity contribution in [2.45, 2.75) is 51.4 Å². The van der Waals surface area contributed by atoms with Crippen LogP contribution in [-0.4, -0.2) is 17.6 Å². The van der Waals surface area contributed by atoms with E-state index in [0.29, 0.717) is 17.5 Å². The molecule has 0 saturated heterocycles. The third kappa shape index (κ3) is 3.28. The maximum atomic E-state index is 11.5. The lowest BCUT2D eigenvalue weighted by molar-refractivity contribution is 0.0525. The Morgan fingerprint density at radius 1 is 1.41 bits per heavy atom. The van der Waals surface area contributed by atoms with E-state index in [1.54, 1.807) is 0 Å². The van der Waals surface area contributed by atoms with Crippen LogP contribution in [0.15, 0.2) is 5.38 Å². The molecule has 0 unspecified atom stereocenters. The van der Waals surface area contributed by atoms with Gasteiger partial charge >= 0.3 is 5.97 Å². The molecule has 1 fully saturated rings. The quantitative estimate of drug-likeness (QED) is 0.608. The smallest absolute Gasteiger partial charge is 0.367 e. The SMILES string of the molecule is CCOC(=O)c1nc(C2CCCCCC2)cs1. The Hall–Kier alpha value is -0.900. The number of aromatic nitrogens is 1. The molecule has 0 bridgehead atoms. The van der Waals surface area contributed by atoms with Gasteiger partial charge in [0.25, 0.3) is 0 Å². The third-order valence-corrected chi connectivity index (χ3v) is 4.09. The second-order valence-corrected chi connectivity index (χ2v) is 5.34. The first-order valence-electron chi connectivity index (χ1n) is 6.43. The number of rotatable bonds is 3. The zero-order valence-electron chi connectivity index (χ0n) is 10.3. The van der Waals surface area contributed by atoms with Gasteiger partial charge in [-0.25, -0.2) is 9.78 Å². The molecule has 1 aromatic rings. The topological polar surface area (TPSA) is 39.2 Å². The highest BCUT2D eigenvalue weighted by Crippen LogP contribution is 2.32. The molecule has 0 amide bonds. The van der Waals surface area contributed by atoms with Gasteiger partial charge in [0.05, 0.1) is 12.3 Å². The molecule has 0 N–H and O–H groups in total. The molecular weight excluding hydrogens is 234 g/mol. The van der Waals surface area contributed by atoms with E-state index in [0.717, 1.165) is 5.69 Å². The zero-order valence-corrected chi connectivity index (χ0v) is 11.1. The lowest BCUT2D eigenvalue weighted by Crippen LogP contribution is -2.05. The molecule has 0 aromatic carbocycles. The summed E-state index contributed by atoms with van der Waals surface area (Å²) in [7, 11) is 0. The summed E-state index contributed by atoms with van der Waals surface area (Å²) in [5.41, 5.74) is 1.10. The molecule has 1 aromatic heterocycles. The van der Waals surface area contributed by atoms with Crippen LogP contribution in [0.4, 0.5) is 0 Å². The van der Waals surface area contributed by atoms with Crippen LogP contribution in [0, 0.1) is 0 Å². The fraction of sp³-hybridized carbons (Fsp3) is 0.692. The van der Waals surface area contributed by atoms with E-state index in [2.05, 4.69) is 4.98 Å². The van der Waals surface area contributed by atoms with E-state index in [-0.39, 0.29) is 5.97 Å². The van der Waals surface area contributed by atoms with Crippen molar-refractivity contribution >= 4 is 17.3 Å². The van der Waals surface area contributed by atoms with Crippen LogP contribution in [0.3, 0.4) is 0 Å². The summed E-state index contributed by atoms with van der Waals surface area (Å²) >= 11 is 1.41. The minimum absolute atomic E-state index is 0.280. The number of hydrogen-bond donors (Lipinski definition) is 0. The zero-order chi connectivity index (χ0) is 12.1. The van der Waals surface area contributed by atoms with Crippen LogP contribution in [0.25, 0.3) is 0 Å². The van der Waals surface area contributed by atoms with Gasteiger partial charge in [-0.2, -0.15) is 0 Å². The first kappa shape index (κ1) is 12.6. The van der Waals surface area contributed by atoms with E-state index < -0.39 is 0 Å². The molecule has 3 nitrogen and oxygen atoms in total. The fourth-order valence-electron chi connectivity index (χ4n) is 2.34. The van der Waals surface area contributed by atoms with Crippen molar-refractivity contribution < 1.29 is 9.53 Å². The largest absolute Gasteiger partial charge is 0.461 e. The summed E-state index contributed by atoms with van der Waals surface area (Å²) in [6.45, 7) is 2.23. The van der Waals surface area contributed by atoms with Crippen molar-refractivity contribution in [2.24, 2.45) is 0 Å². The van der Waals surface area contributed by atoms with Crippen LogP contribution in [-0.2, 0) is 4.74 Å². The standard InChI is InChI=1S/C13H19NO2S/c1-2-16-13(15)12-14-11(9-17-12)10-7-5-3-4-6-8-10/h9-10H,2-8H2,1H3. The molecule has 1 aliphatic carbocycles. The Morgan fingerprint density at radius 2 is 2.12 bits per heavy atom. The molecule has 1 saturated carbocycles. The summed E-state index contributed by atoms with van der Waals surface area (Å²) < 4.78 is 4.96. The molecular formula is C13H19NO2S. The van der Waals surface area contributed by atoms with Crippen molar-refractivity contribution in [1.82, 2.24) is 4.98 Å². The molecule has 0 radical (unpaired) electrons. The number of nitrogens with zero attached hydrogens (tertiary/aromatic N) is 1. The van der Waals surface area contributed by atoms with E-state index >= 15 is 0 Å². The van der Waals surface area contributed by atoms with Gasteiger partial charge in [0.1, 0.15) is 0 Å². The summed E-state index contributed by atoms with van der Waals surface area (Å²) in [5, 5.41) is 2.54. The monoisotopic (exact) mass is 253 g/mol. The minimum Gasteiger partial charge on any atom is -0.461 e. The van der Waals surface area contributed by atoms with Crippen LogP contribution < -0.4 is 0 Å². The van der Waals surface area contributed by atoms with Gasteiger partial charge in [-0.3, -0.25) is 0 Å². The molecule has 0 atom stereocenters. The Balaban J connectivity index is 2.03. The minimum atomic E-state index is -0.280. The van der Waals surface area contributed by atoms with Crippen molar-refractivity contribution in [3.05, 3.63) is 16.1 Å². The number of carbonyl (C=O) groups is 1. The van der Waals surface area contributed by atoms with Gasteiger partial charge < -0.3 is 4.74 Å². The maximum Gasteiger partial charge on any atom is 0.367 e. The maximum absolute atomic E-state index is 11.5. The molecule has 4 heteroatoms. The number of ether oxygens (including phenoxy) is 1. The highest BCUT2D eigenvalue weighted by Gasteiger charge is 2.19.